The van der Waals surface area contributed by atoms with E-state index in [1.807, 2.05) is 0 Å². The highest BCUT2D eigenvalue weighted by atomic mass is 16.5. The average Bonchev–Trinajstić information content (AvgIpc) is 2.12. The van der Waals surface area contributed by atoms with Gasteiger partial charge in [0.15, 0.2) is 6.10 Å². The Morgan fingerprint density at radius 1 is 1.60 bits per heavy atom. The fourth-order valence-electron chi connectivity index (χ4n) is 1.42. The molecule has 58 valence electrons. The van der Waals surface area contributed by atoms with Gasteiger partial charge in [0.05, 0.1) is 20.6 Å². The maximum absolute atomic E-state index is 9.94. The highest BCUT2D eigenvalue weighted by Gasteiger charge is 2.31. The summed E-state index contributed by atoms with van der Waals surface area (Å²) in [5.74, 6) is 0. The van der Waals surface area contributed by atoms with Crippen molar-refractivity contribution in [2.75, 3.05) is 27.2 Å². The summed E-state index contributed by atoms with van der Waals surface area (Å²) in [7, 11) is 4.29. The van der Waals surface area contributed by atoms with Gasteiger partial charge < -0.3 is 9.22 Å². The first-order chi connectivity index (χ1) is 4.64. The standard InChI is InChI=1S/C7H14NO2/c1-8(2)4-3-7(5-8)10-6-9/h6-7H,3-5H2,1-2H3/q+1. The summed E-state index contributed by atoms with van der Waals surface area (Å²) in [5.41, 5.74) is 0. The Bertz CT molecular complexity index is 134. The van der Waals surface area contributed by atoms with Crippen molar-refractivity contribution in [3.8, 4) is 0 Å². The summed E-state index contributed by atoms with van der Waals surface area (Å²) in [5, 5.41) is 0. The van der Waals surface area contributed by atoms with Crippen LogP contribution in [-0.2, 0) is 9.53 Å². The molecular weight excluding hydrogens is 130 g/mol. The topological polar surface area (TPSA) is 26.3 Å². The summed E-state index contributed by atoms with van der Waals surface area (Å²) in [6.07, 6.45) is 1.17. The van der Waals surface area contributed by atoms with E-state index in [0.717, 1.165) is 24.0 Å². The highest BCUT2D eigenvalue weighted by molar-refractivity contribution is 5.37. The lowest BCUT2D eigenvalue weighted by Crippen LogP contribution is -2.37. The van der Waals surface area contributed by atoms with Crippen molar-refractivity contribution in [1.82, 2.24) is 0 Å². The van der Waals surface area contributed by atoms with Gasteiger partial charge in [-0.15, -0.1) is 0 Å². The molecule has 0 aliphatic carbocycles. The number of nitrogens with zero attached hydrogens (tertiary/aromatic N) is 1. The lowest BCUT2D eigenvalue weighted by atomic mass is 10.3. The van der Waals surface area contributed by atoms with Crippen molar-refractivity contribution in [3.05, 3.63) is 0 Å². The van der Waals surface area contributed by atoms with Gasteiger partial charge in [-0.1, -0.05) is 0 Å². The maximum atomic E-state index is 9.94. The third kappa shape index (κ3) is 1.70. The number of hydrogen-bond acceptors (Lipinski definition) is 2. The molecule has 1 heterocycles. The van der Waals surface area contributed by atoms with E-state index in [2.05, 4.69) is 14.1 Å². The predicted octanol–water partition coefficient (Wildman–Crippen LogP) is 0.00810. The van der Waals surface area contributed by atoms with Gasteiger partial charge in [0, 0.05) is 6.42 Å². The van der Waals surface area contributed by atoms with Crippen LogP contribution >= 0.6 is 0 Å². The molecule has 1 unspecified atom stereocenters. The van der Waals surface area contributed by atoms with Crippen LogP contribution < -0.4 is 0 Å². The van der Waals surface area contributed by atoms with Gasteiger partial charge in [-0.05, 0) is 0 Å². The fourth-order valence-corrected chi connectivity index (χ4v) is 1.42. The molecule has 1 fully saturated rings. The van der Waals surface area contributed by atoms with E-state index in [9.17, 15) is 4.79 Å². The lowest BCUT2D eigenvalue weighted by Gasteiger charge is -2.22. The minimum Gasteiger partial charge on any atom is -0.458 e. The minimum absolute atomic E-state index is 0.160. The molecule has 0 aromatic heterocycles. The van der Waals surface area contributed by atoms with E-state index in [0.29, 0.717) is 6.47 Å². The van der Waals surface area contributed by atoms with Crippen LogP contribution in [0, 0.1) is 0 Å². The van der Waals surface area contributed by atoms with E-state index in [1.165, 1.54) is 0 Å². The molecular formula is C7H14NO2+. The molecule has 0 aromatic carbocycles. The molecule has 1 atom stereocenters. The van der Waals surface area contributed by atoms with Gasteiger partial charge >= 0.3 is 0 Å². The van der Waals surface area contributed by atoms with Crippen LogP contribution in [0.3, 0.4) is 0 Å². The van der Waals surface area contributed by atoms with Crippen molar-refractivity contribution < 1.29 is 14.0 Å². The molecule has 1 aliphatic rings. The molecule has 1 saturated heterocycles. The first-order valence-corrected chi connectivity index (χ1v) is 3.55. The number of rotatable bonds is 2. The first-order valence-electron chi connectivity index (χ1n) is 3.55. The third-order valence-corrected chi connectivity index (χ3v) is 2.00. The van der Waals surface area contributed by atoms with Crippen LogP contribution in [0.2, 0.25) is 0 Å². The van der Waals surface area contributed by atoms with Crippen LogP contribution in [0.15, 0.2) is 0 Å². The SMILES string of the molecule is C[N+]1(C)CCC(OC=O)C1. The molecule has 0 radical (unpaired) electrons. The Morgan fingerprint density at radius 3 is 2.70 bits per heavy atom. The summed E-state index contributed by atoms with van der Waals surface area (Å²) < 4.78 is 5.81. The molecule has 0 spiro atoms. The third-order valence-electron chi connectivity index (χ3n) is 2.00. The van der Waals surface area contributed by atoms with E-state index in [1.54, 1.807) is 0 Å². The van der Waals surface area contributed by atoms with Gasteiger partial charge in [0.1, 0.15) is 6.54 Å². The van der Waals surface area contributed by atoms with Crippen LogP contribution in [0.25, 0.3) is 0 Å². The predicted molar refractivity (Wildman–Crippen MR) is 37.4 cm³/mol. The molecule has 1 rings (SSSR count). The first kappa shape index (κ1) is 7.54. The maximum Gasteiger partial charge on any atom is 0.293 e. The van der Waals surface area contributed by atoms with Crippen molar-refractivity contribution in [3.63, 3.8) is 0 Å². The van der Waals surface area contributed by atoms with Gasteiger partial charge in [-0.2, -0.15) is 0 Å². The zero-order valence-electron chi connectivity index (χ0n) is 6.54. The fraction of sp³-hybridized carbons (Fsp3) is 0.857. The van der Waals surface area contributed by atoms with E-state index < -0.39 is 0 Å². The summed E-state index contributed by atoms with van der Waals surface area (Å²) in [6, 6.07) is 0. The summed E-state index contributed by atoms with van der Waals surface area (Å²) in [6.45, 7) is 2.62. The van der Waals surface area contributed by atoms with Crippen LogP contribution in [0.1, 0.15) is 6.42 Å². The zero-order chi connectivity index (χ0) is 7.61. The molecule has 0 amide bonds. The molecule has 10 heavy (non-hydrogen) atoms. The smallest absolute Gasteiger partial charge is 0.293 e. The molecule has 3 nitrogen and oxygen atoms in total. The Balaban J connectivity index is 2.35. The van der Waals surface area contributed by atoms with E-state index in [4.69, 9.17) is 4.74 Å². The monoisotopic (exact) mass is 144 g/mol. The van der Waals surface area contributed by atoms with Gasteiger partial charge in [-0.25, -0.2) is 0 Å². The molecule has 0 bridgehead atoms. The van der Waals surface area contributed by atoms with Crippen molar-refractivity contribution in [2.24, 2.45) is 0 Å². The Kier molecular flexibility index (Phi) is 1.94. The lowest BCUT2D eigenvalue weighted by molar-refractivity contribution is -0.879. The minimum atomic E-state index is 0.160. The average molecular weight is 144 g/mol. The number of carbonyl (C=O) groups is 1. The van der Waals surface area contributed by atoms with Crippen molar-refractivity contribution in [2.45, 2.75) is 12.5 Å². The summed E-state index contributed by atoms with van der Waals surface area (Å²) >= 11 is 0. The van der Waals surface area contributed by atoms with Crippen LogP contribution in [0.4, 0.5) is 0 Å². The quantitative estimate of drug-likeness (QED) is 0.403. The second-order valence-electron chi connectivity index (χ2n) is 3.48. The number of likely N-dealkylation sites (N-methyl/N-ethyl adjacent to an activating group) is 1. The normalized spacial score (nSPS) is 30.0. The van der Waals surface area contributed by atoms with E-state index >= 15 is 0 Å². The largest absolute Gasteiger partial charge is 0.458 e. The Morgan fingerprint density at radius 2 is 2.30 bits per heavy atom. The van der Waals surface area contributed by atoms with Crippen molar-refractivity contribution >= 4 is 6.47 Å². The number of hydrogen-bond donors (Lipinski definition) is 0. The molecule has 1 aliphatic heterocycles. The number of ether oxygens (including phenoxy) is 1. The molecule has 3 heteroatoms. The van der Waals surface area contributed by atoms with Crippen LogP contribution in [-0.4, -0.2) is 44.2 Å². The zero-order valence-corrected chi connectivity index (χ0v) is 6.54. The van der Waals surface area contributed by atoms with Gasteiger partial charge in [0.25, 0.3) is 6.47 Å². The van der Waals surface area contributed by atoms with Crippen LogP contribution in [0.5, 0.6) is 0 Å². The summed E-state index contributed by atoms with van der Waals surface area (Å²) in [4.78, 5) is 9.94. The Hall–Kier alpha value is -0.570. The number of carbonyl (C=O) groups excluding carboxylic acids is 1. The molecule has 0 N–H and O–H groups in total. The second kappa shape index (κ2) is 2.58. The van der Waals surface area contributed by atoms with Gasteiger partial charge in [-0.3, -0.25) is 4.79 Å². The highest BCUT2D eigenvalue weighted by Crippen LogP contribution is 2.15. The molecule has 0 aromatic rings. The Labute approximate surface area is 61.2 Å². The number of likely N-dealkylation sites (tertiary alicyclic amines) is 1. The second-order valence-corrected chi connectivity index (χ2v) is 3.48. The number of quaternary nitrogens is 1. The van der Waals surface area contributed by atoms with Gasteiger partial charge in [0.2, 0.25) is 0 Å². The van der Waals surface area contributed by atoms with Crippen molar-refractivity contribution in [1.29, 1.82) is 0 Å². The molecule has 0 saturated carbocycles. The van der Waals surface area contributed by atoms with E-state index in [-0.39, 0.29) is 6.10 Å².